The number of rotatable bonds is 2. The van der Waals surface area contributed by atoms with E-state index in [1.165, 1.54) is 0 Å². The monoisotopic (exact) mass is 375 g/mol. The number of pyridine rings is 1. The van der Waals surface area contributed by atoms with Gasteiger partial charge in [0.25, 0.3) is 5.56 Å². The fourth-order valence-electron chi connectivity index (χ4n) is 2.93. The minimum atomic E-state index is -0.00258. The predicted octanol–water partition coefficient (Wildman–Crippen LogP) is 5.42. The van der Waals surface area contributed by atoms with E-state index in [2.05, 4.69) is 22.0 Å². The lowest BCUT2D eigenvalue weighted by Gasteiger charge is -2.15. The van der Waals surface area contributed by atoms with Crippen LogP contribution in [0.25, 0.3) is 27.7 Å². The minimum Gasteiger partial charge on any atom is -0.276 e. The number of benzene rings is 3. The quantitative estimate of drug-likeness (QED) is 0.458. The first kappa shape index (κ1) is 14.9. The summed E-state index contributed by atoms with van der Waals surface area (Å²) < 4.78 is 2.80. The molecule has 24 heavy (non-hydrogen) atoms. The molecule has 1 heterocycles. The lowest BCUT2D eigenvalue weighted by molar-refractivity contribution is 1.02. The summed E-state index contributed by atoms with van der Waals surface area (Å²) in [5.74, 6) is 0. The first-order chi connectivity index (χ1) is 11.7. The number of halogens is 1. The van der Waals surface area contributed by atoms with Gasteiger partial charge in [0.2, 0.25) is 0 Å². The zero-order valence-corrected chi connectivity index (χ0v) is 14.4. The lowest BCUT2D eigenvalue weighted by atomic mass is 10.1. The summed E-state index contributed by atoms with van der Waals surface area (Å²) >= 11 is 3.47. The molecule has 0 saturated carbocycles. The van der Waals surface area contributed by atoms with E-state index < -0.39 is 0 Å². The Morgan fingerprint density at radius 1 is 0.750 bits per heavy atom. The molecule has 3 aromatic carbocycles. The third kappa shape index (κ3) is 2.57. The van der Waals surface area contributed by atoms with Crippen LogP contribution in [0.1, 0.15) is 0 Å². The number of para-hydroxylation sites is 1. The molecule has 0 aliphatic heterocycles. The second-order valence-electron chi connectivity index (χ2n) is 5.60. The van der Waals surface area contributed by atoms with Crippen LogP contribution >= 0.6 is 15.9 Å². The fourth-order valence-corrected chi connectivity index (χ4v) is 3.19. The van der Waals surface area contributed by atoms with Gasteiger partial charge in [-0.25, -0.2) is 0 Å². The van der Waals surface area contributed by atoms with Crippen LogP contribution in [-0.4, -0.2) is 4.57 Å². The van der Waals surface area contributed by atoms with Crippen LogP contribution in [0.2, 0.25) is 0 Å². The van der Waals surface area contributed by atoms with E-state index in [1.54, 1.807) is 4.57 Å². The molecular weight excluding hydrogens is 362 g/mol. The van der Waals surface area contributed by atoms with Gasteiger partial charge >= 0.3 is 0 Å². The lowest BCUT2D eigenvalue weighted by Crippen LogP contribution is -2.20. The second-order valence-corrected chi connectivity index (χ2v) is 6.52. The van der Waals surface area contributed by atoms with Gasteiger partial charge in [0.05, 0.1) is 5.69 Å². The summed E-state index contributed by atoms with van der Waals surface area (Å²) in [6.07, 6.45) is 0. The van der Waals surface area contributed by atoms with Crippen LogP contribution in [0, 0.1) is 0 Å². The number of hydrogen-bond acceptors (Lipinski definition) is 1. The van der Waals surface area contributed by atoms with E-state index in [1.807, 2.05) is 78.9 Å². The van der Waals surface area contributed by atoms with Crippen molar-refractivity contribution in [2.24, 2.45) is 0 Å². The normalized spacial score (nSPS) is 10.9. The topological polar surface area (TPSA) is 22.0 Å². The molecule has 4 rings (SSSR count). The maximum atomic E-state index is 13.1. The van der Waals surface area contributed by atoms with E-state index in [-0.39, 0.29) is 5.56 Å². The highest BCUT2D eigenvalue weighted by Gasteiger charge is 2.12. The third-order valence-electron chi connectivity index (χ3n) is 4.08. The van der Waals surface area contributed by atoms with Crippen LogP contribution < -0.4 is 5.56 Å². The van der Waals surface area contributed by atoms with E-state index in [0.29, 0.717) is 0 Å². The third-order valence-corrected chi connectivity index (χ3v) is 4.61. The van der Waals surface area contributed by atoms with E-state index >= 15 is 0 Å². The largest absolute Gasteiger partial charge is 0.276 e. The van der Waals surface area contributed by atoms with E-state index in [9.17, 15) is 4.79 Å². The Morgan fingerprint density at radius 3 is 2.17 bits per heavy atom. The molecule has 0 unspecified atom stereocenters. The summed E-state index contributed by atoms with van der Waals surface area (Å²) in [5, 5.41) is 1.68. The highest BCUT2D eigenvalue weighted by Crippen LogP contribution is 2.26. The highest BCUT2D eigenvalue weighted by atomic mass is 79.9. The minimum absolute atomic E-state index is 0.00258. The van der Waals surface area contributed by atoms with Gasteiger partial charge in [-0.05, 0) is 47.3 Å². The molecular formula is C21H14BrNO. The van der Waals surface area contributed by atoms with E-state index in [4.69, 9.17) is 0 Å². The SMILES string of the molecule is O=c1c2ccccc2cc(-c2ccc(Br)cc2)n1-c1ccccc1. The standard InChI is InChI=1S/C21H14BrNO/c22-17-12-10-15(11-13-17)20-14-16-6-4-5-9-19(16)21(24)23(20)18-7-2-1-3-8-18/h1-14H. The van der Waals surface area contributed by atoms with Crippen molar-refractivity contribution >= 4 is 26.7 Å². The van der Waals surface area contributed by atoms with Gasteiger partial charge in [0, 0.05) is 15.5 Å². The predicted molar refractivity (Wildman–Crippen MR) is 103 cm³/mol. The van der Waals surface area contributed by atoms with Crippen LogP contribution in [0.5, 0.6) is 0 Å². The molecule has 4 aromatic rings. The molecule has 2 nitrogen and oxygen atoms in total. The Hall–Kier alpha value is -2.65. The van der Waals surface area contributed by atoms with Gasteiger partial charge in [-0.2, -0.15) is 0 Å². The molecule has 0 saturated heterocycles. The van der Waals surface area contributed by atoms with Crippen molar-refractivity contribution in [1.29, 1.82) is 0 Å². The Bertz CT molecular complexity index is 1070. The Morgan fingerprint density at radius 2 is 1.42 bits per heavy atom. The molecule has 0 spiro atoms. The Balaban J connectivity index is 2.11. The average molecular weight is 376 g/mol. The molecule has 0 N–H and O–H groups in total. The zero-order valence-electron chi connectivity index (χ0n) is 12.8. The maximum Gasteiger partial charge on any atom is 0.263 e. The van der Waals surface area contributed by atoms with Gasteiger partial charge in [-0.1, -0.05) is 64.5 Å². The van der Waals surface area contributed by atoms with Crippen molar-refractivity contribution in [3.8, 4) is 16.9 Å². The first-order valence-corrected chi connectivity index (χ1v) is 8.49. The van der Waals surface area contributed by atoms with Crippen molar-refractivity contribution in [2.45, 2.75) is 0 Å². The van der Waals surface area contributed by atoms with Gasteiger partial charge in [-0.3, -0.25) is 9.36 Å². The second kappa shape index (κ2) is 6.10. The summed E-state index contributed by atoms with van der Waals surface area (Å²) in [4.78, 5) is 13.1. The number of fused-ring (bicyclic) bond motifs is 1. The van der Waals surface area contributed by atoms with Crippen molar-refractivity contribution in [3.63, 3.8) is 0 Å². The summed E-state index contributed by atoms with van der Waals surface area (Å²) in [6.45, 7) is 0. The summed E-state index contributed by atoms with van der Waals surface area (Å²) in [7, 11) is 0. The molecule has 0 radical (unpaired) electrons. The summed E-state index contributed by atoms with van der Waals surface area (Å²) in [5.41, 5.74) is 2.76. The molecule has 0 atom stereocenters. The van der Waals surface area contributed by atoms with Gasteiger partial charge < -0.3 is 0 Å². The van der Waals surface area contributed by atoms with Crippen LogP contribution in [-0.2, 0) is 0 Å². The molecule has 0 aliphatic carbocycles. The first-order valence-electron chi connectivity index (χ1n) is 7.70. The molecule has 116 valence electrons. The Labute approximate surface area is 148 Å². The van der Waals surface area contributed by atoms with Gasteiger partial charge in [0.1, 0.15) is 0 Å². The maximum absolute atomic E-state index is 13.1. The smallest absolute Gasteiger partial charge is 0.263 e. The highest BCUT2D eigenvalue weighted by molar-refractivity contribution is 9.10. The van der Waals surface area contributed by atoms with E-state index in [0.717, 1.165) is 32.2 Å². The molecule has 0 aliphatic rings. The fraction of sp³-hybridized carbons (Fsp3) is 0. The number of aromatic nitrogens is 1. The summed E-state index contributed by atoms with van der Waals surface area (Å²) in [6, 6.07) is 27.6. The molecule has 0 amide bonds. The molecule has 0 bridgehead atoms. The number of nitrogens with zero attached hydrogens (tertiary/aromatic N) is 1. The Kier molecular flexibility index (Phi) is 3.79. The molecule has 0 fully saturated rings. The van der Waals surface area contributed by atoms with Gasteiger partial charge in [0.15, 0.2) is 0 Å². The van der Waals surface area contributed by atoms with Crippen molar-refractivity contribution < 1.29 is 0 Å². The van der Waals surface area contributed by atoms with Crippen LogP contribution in [0.3, 0.4) is 0 Å². The average Bonchev–Trinajstić information content (AvgIpc) is 2.63. The van der Waals surface area contributed by atoms with Crippen molar-refractivity contribution in [1.82, 2.24) is 4.57 Å². The van der Waals surface area contributed by atoms with Crippen molar-refractivity contribution in [2.75, 3.05) is 0 Å². The molecule has 3 heteroatoms. The van der Waals surface area contributed by atoms with Gasteiger partial charge in [-0.15, -0.1) is 0 Å². The van der Waals surface area contributed by atoms with Crippen LogP contribution in [0.4, 0.5) is 0 Å². The number of hydrogen-bond donors (Lipinski definition) is 0. The molecule has 1 aromatic heterocycles. The zero-order chi connectivity index (χ0) is 16.5. The van der Waals surface area contributed by atoms with Crippen LogP contribution in [0.15, 0.2) is 94.2 Å². The van der Waals surface area contributed by atoms with Crippen molar-refractivity contribution in [3.05, 3.63) is 99.8 Å².